The van der Waals surface area contributed by atoms with E-state index in [1.165, 1.54) is 0 Å². The van der Waals surface area contributed by atoms with Crippen molar-refractivity contribution in [3.63, 3.8) is 0 Å². The number of ether oxygens (including phenoxy) is 1. The highest BCUT2D eigenvalue weighted by molar-refractivity contribution is 5.42. The van der Waals surface area contributed by atoms with Gasteiger partial charge in [0.25, 0.3) is 0 Å². The third-order valence-corrected chi connectivity index (χ3v) is 2.32. The maximum atomic E-state index is 9.65. The molecule has 0 unspecified atom stereocenters. The first kappa shape index (κ1) is 9.45. The van der Waals surface area contributed by atoms with Gasteiger partial charge in [0.1, 0.15) is 5.75 Å². The molecule has 0 aromatic heterocycles. The summed E-state index contributed by atoms with van der Waals surface area (Å²) in [6.45, 7) is 1.73. The first-order valence-electron chi connectivity index (χ1n) is 4.48. The fourth-order valence-corrected chi connectivity index (χ4v) is 1.56. The SMILES string of the molecule is CONCc1cc2c(cc1O)COC2. The van der Waals surface area contributed by atoms with Gasteiger partial charge in [0.2, 0.25) is 0 Å². The summed E-state index contributed by atoms with van der Waals surface area (Å²) in [5, 5.41) is 9.65. The van der Waals surface area contributed by atoms with E-state index in [-0.39, 0.29) is 0 Å². The van der Waals surface area contributed by atoms with Gasteiger partial charge in [-0.15, -0.1) is 0 Å². The lowest BCUT2D eigenvalue weighted by Crippen LogP contribution is -2.11. The number of nitrogens with one attached hydrogen (secondary N) is 1. The van der Waals surface area contributed by atoms with E-state index in [2.05, 4.69) is 5.48 Å². The molecule has 0 amide bonds. The molecule has 0 aliphatic carbocycles. The molecule has 4 heteroatoms. The van der Waals surface area contributed by atoms with Gasteiger partial charge in [-0.25, -0.2) is 0 Å². The molecule has 4 nitrogen and oxygen atoms in total. The summed E-state index contributed by atoms with van der Waals surface area (Å²) < 4.78 is 5.27. The Labute approximate surface area is 82.4 Å². The highest BCUT2D eigenvalue weighted by atomic mass is 16.6. The zero-order valence-corrected chi connectivity index (χ0v) is 8.04. The molecule has 76 valence electrons. The Hall–Kier alpha value is -1.10. The summed E-state index contributed by atoms with van der Waals surface area (Å²) in [6.07, 6.45) is 0. The average Bonchev–Trinajstić information content (AvgIpc) is 2.61. The molecule has 1 heterocycles. The first-order valence-corrected chi connectivity index (χ1v) is 4.48. The van der Waals surface area contributed by atoms with Crippen LogP contribution in [-0.4, -0.2) is 12.2 Å². The molecule has 1 aliphatic heterocycles. The maximum absolute atomic E-state index is 9.65. The van der Waals surface area contributed by atoms with Crippen LogP contribution in [0.5, 0.6) is 5.75 Å². The summed E-state index contributed by atoms with van der Waals surface area (Å²) in [5.41, 5.74) is 5.75. The standard InChI is InChI=1S/C10H13NO3/c1-13-11-4-7-2-8-5-14-6-9(8)3-10(7)12/h2-3,11-12H,4-6H2,1H3. The second-order valence-electron chi connectivity index (χ2n) is 3.27. The summed E-state index contributed by atoms with van der Waals surface area (Å²) in [7, 11) is 1.55. The first-order chi connectivity index (χ1) is 6.81. The third-order valence-electron chi connectivity index (χ3n) is 2.32. The molecular formula is C10H13NO3. The third kappa shape index (κ3) is 1.72. The van der Waals surface area contributed by atoms with Crippen LogP contribution in [0.1, 0.15) is 16.7 Å². The van der Waals surface area contributed by atoms with E-state index in [4.69, 9.17) is 9.57 Å². The number of hydrogen-bond acceptors (Lipinski definition) is 4. The van der Waals surface area contributed by atoms with Crippen LogP contribution in [0.25, 0.3) is 0 Å². The molecular weight excluding hydrogens is 182 g/mol. The number of phenols is 1. The fourth-order valence-electron chi connectivity index (χ4n) is 1.56. The van der Waals surface area contributed by atoms with E-state index in [1.54, 1.807) is 13.2 Å². The Bertz CT molecular complexity index is 338. The van der Waals surface area contributed by atoms with Crippen LogP contribution in [0.3, 0.4) is 0 Å². The Morgan fingerprint density at radius 2 is 2.14 bits per heavy atom. The number of benzene rings is 1. The predicted molar refractivity (Wildman–Crippen MR) is 50.4 cm³/mol. The lowest BCUT2D eigenvalue weighted by Gasteiger charge is -2.07. The van der Waals surface area contributed by atoms with E-state index >= 15 is 0 Å². The van der Waals surface area contributed by atoms with Crippen molar-refractivity contribution >= 4 is 0 Å². The lowest BCUT2D eigenvalue weighted by molar-refractivity contribution is 0.0861. The smallest absolute Gasteiger partial charge is 0.120 e. The zero-order valence-electron chi connectivity index (χ0n) is 8.04. The highest BCUT2D eigenvalue weighted by Gasteiger charge is 2.14. The van der Waals surface area contributed by atoms with E-state index < -0.39 is 0 Å². The molecule has 1 aromatic carbocycles. The second kappa shape index (κ2) is 3.96. The molecule has 14 heavy (non-hydrogen) atoms. The Morgan fingerprint density at radius 3 is 2.86 bits per heavy atom. The van der Waals surface area contributed by atoms with Crippen LogP contribution in [0.15, 0.2) is 12.1 Å². The van der Waals surface area contributed by atoms with Crippen molar-refractivity contribution in [2.45, 2.75) is 19.8 Å². The summed E-state index contributed by atoms with van der Waals surface area (Å²) in [4.78, 5) is 4.73. The van der Waals surface area contributed by atoms with Crippen LogP contribution in [-0.2, 0) is 29.3 Å². The quantitative estimate of drug-likeness (QED) is 0.708. The van der Waals surface area contributed by atoms with Crippen LogP contribution >= 0.6 is 0 Å². The molecule has 0 saturated heterocycles. The largest absolute Gasteiger partial charge is 0.508 e. The summed E-state index contributed by atoms with van der Waals surface area (Å²) in [6, 6.07) is 3.71. The van der Waals surface area contributed by atoms with E-state index in [9.17, 15) is 5.11 Å². The van der Waals surface area contributed by atoms with Gasteiger partial charge in [-0.05, 0) is 23.3 Å². The molecule has 2 N–H and O–H groups in total. The lowest BCUT2D eigenvalue weighted by atomic mass is 10.1. The molecule has 0 spiro atoms. The molecule has 1 aliphatic rings. The average molecular weight is 195 g/mol. The van der Waals surface area contributed by atoms with Gasteiger partial charge >= 0.3 is 0 Å². The maximum Gasteiger partial charge on any atom is 0.120 e. The van der Waals surface area contributed by atoms with Gasteiger partial charge in [0, 0.05) is 12.1 Å². The molecule has 0 fully saturated rings. The van der Waals surface area contributed by atoms with Gasteiger partial charge in [-0.1, -0.05) is 0 Å². The summed E-state index contributed by atoms with van der Waals surface area (Å²) >= 11 is 0. The molecule has 0 saturated carbocycles. The Balaban J connectivity index is 2.23. The van der Waals surface area contributed by atoms with Crippen molar-refractivity contribution in [1.29, 1.82) is 0 Å². The number of hydrogen-bond donors (Lipinski definition) is 2. The van der Waals surface area contributed by atoms with Gasteiger partial charge in [0.15, 0.2) is 0 Å². The van der Waals surface area contributed by atoms with Crippen LogP contribution in [0, 0.1) is 0 Å². The molecule has 2 rings (SSSR count). The van der Waals surface area contributed by atoms with Crippen molar-refractivity contribution in [1.82, 2.24) is 5.48 Å². The molecule has 0 bridgehead atoms. The highest BCUT2D eigenvalue weighted by Crippen LogP contribution is 2.27. The molecule has 1 aromatic rings. The minimum absolute atomic E-state index is 0.291. The monoisotopic (exact) mass is 195 g/mol. The van der Waals surface area contributed by atoms with E-state index in [0.717, 1.165) is 16.7 Å². The van der Waals surface area contributed by atoms with Crippen molar-refractivity contribution < 1.29 is 14.7 Å². The Morgan fingerprint density at radius 1 is 1.43 bits per heavy atom. The van der Waals surface area contributed by atoms with Crippen LogP contribution < -0.4 is 5.48 Å². The van der Waals surface area contributed by atoms with E-state index in [0.29, 0.717) is 25.5 Å². The van der Waals surface area contributed by atoms with Crippen molar-refractivity contribution in [2.75, 3.05) is 7.11 Å². The normalized spacial score (nSPS) is 14.4. The number of phenolic OH excluding ortho intramolecular Hbond substituents is 1. The number of fused-ring (bicyclic) bond motifs is 1. The summed E-state index contributed by atoms with van der Waals surface area (Å²) in [5.74, 6) is 0.291. The van der Waals surface area contributed by atoms with Gasteiger partial charge in [0.05, 0.1) is 20.3 Å². The van der Waals surface area contributed by atoms with Crippen LogP contribution in [0.2, 0.25) is 0 Å². The number of hydroxylamine groups is 1. The minimum atomic E-state index is 0.291. The topological polar surface area (TPSA) is 50.7 Å². The Kier molecular flexibility index (Phi) is 2.67. The number of aromatic hydroxyl groups is 1. The predicted octanol–water partition coefficient (Wildman–Crippen LogP) is 1.07. The fraction of sp³-hybridized carbons (Fsp3) is 0.400. The molecule has 0 atom stereocenters. The minimum Gasteiger partial charge on any atom is -0.508 e. The van der Waals surface area contributed by atoms with Gasteiger partial charge in [-0.2, -0.15) is 5.48 Å². The van der Waals surface area contributed by atoms with Crippen molar-refractivity contribution in [2.24, 2.45) is 0 Å². The van der Waals surface area contributed by atoms with Gasteiger partial charge in [-0.3, -0.25) is 0 Å². The zero-order chi connectivity index (χ0) is 9.97. The van der Waals surface area contributed by atoms with Gasteiger partial charge < -0.3 is 14.7 Å². The second-order valence-corrected chi connectivity index (χ2v) is 3.27. The number of rotatable bonds is 3. The molecule has 0 radical (unpaired) electrons. The van der Waals surface area contributed by atoms with Crippen molar-refractivity contribution in [3.05, 3.63) is 28.8 Å². The van der Waals surface area contributed by atoms with Crippen LogP contribution in [0.4, 0.5) is 0 Å². The van der Waals surface area contributed by atoms with E-state index in [1.807, 2.05) is 6.07 Å². The van der Waals surface area contributed by atoms with Crippen molar-refractivity contribution in [3.8, 4) is 5.75 Å².